The van der Waals surface area contributed by atoms with E-state index in [0.717, 1.165) is 37.0 Å². The molecule has 1 aromatic carbocycles. The summed E-state index contributed by atoms with van der Waals surface area (Å²) in [6.07, 6.45) is 7.61. The van der Waals surface area contributed by atoms with Gasteiger partial charge in [0.25, 0.3) is 0 Å². The van der Waals surface area contributed by atoms with Gasteiger partial charge in [-0.05, 0) is 78.5 Å². The first-order valence-electron chi connectivity index (χ1n) is 8.57. The van der Waals surface area contributed by atoms with Gasteiger partial charge in [-0.1, -0.05) is 32.9 Å². The molecule has 0 bridgehead atoms. The molecule has 1 heteroatoms. The maximum atomic E-state index is 6.73. The Morgan fingerprint density at radius 2 is 1.50 bits per heavy atom. The predicted molar refractivity (Wildman–Crippen MR) is 85.8 cm³/mol. The molecule has 110 valence electrons. The van der Waals surface area contributed by atoms with Crippen LogP contribution in [0, 0.1) is 17.8 Å². The van der Waals surface area contributed by atoms with Crippen molar-refractivity contribution in [3.05, 3.63) is 34.4 Å². The normalized spacial score (nSPS) is 29.3. The zero-order valence-electron chi connectivity index (χ0n) is 13.3. The molecule has 20 heavy (non-hydrogen) atoms. The van der Waals surface area contributed by atoms with Crippen LogP contribution in [0.15, 0.2) is 12.1 Å². The van der Waals surface area contributed by atoms with Crippen LogP contribution in [0.4, 0.5) is 0 Å². The molecule has 2 N–H and O–H groups in total. The predicted octanol–water partition coefficient (Wildman–Crippen LogP) is 4.42. The number of hydrogen-bond acceptors (Lipinski definition) is 1. The number of nitrogens with two attached hydrogens (primary N) is 1. The molecule has 3 unspecified atom stereocenters. The summed E-state index contributed by atoms with van der Waals surface area (Å²) in [4.78, 5) is 0. The SMILES string of the molecule is CCc1cc(CC)c(C(N)C2CC3CC3C2)c(CC)c1. The summed E-state index contributed by atoms with van der Waals surface area (Å²) in [5.41, 5.74) is 12.7. The van der Waals surface area contributed by atoms with Crippen molar-refractivity contribution < 1.29 is 0 Å². The average Bonchev–Trinajstić information content (AvgIpc) is 3.10. The molecule has 2 saturated carbocycles. The van der Waals surface area contributed by atoms with Gasteiger partial charge in [0.15, 0.2) is 0 Å². The highest BCUT2D eigenvalue weighted by Gasteiger charge is 2.47. The third kappa shape index (κ3) is 2.41. The monoisotopic (exact) mass is 271 g/mol. The first-order chi connectivity index (χ1) is 9.67. The zero-order valence-corrected chi connectivity index (χ0v) is 13.3. The van der Waals surface area contributed by atoms with E-state index in [1.807, 2.05) is 0 Å². The van der Waals surface area contributed by atoms with Gasteiger partial charge in [-0.3, -0.25) is 0 Å². The van der Waals surface area contributed by atoms with E-state index in [4.69, 9.17) is 5.73 Å². The van der Waals surface area contributed by atoms with Gasteiger partial charge in [0, 0.05) is 6.04 Å². The minimum Gasteiger partial charge on any atom is -0.324 e. The largest absolute Gasteiger partial charge is 0.324 e. The van der Waals surface area contributed by atoms with Gasteiger partial charge in [0.1, 0.15) is 0 Å². The molecule has 2 aliphatic rings. The lowest BCUT2D eigenvalue weighted by atomic mass is 9.82. The van der Waals surface area contributed by atoms with Gasteiger partial charge in [-0.25, -0.2) is 0 Å². The van der Waals surface area contributed by atoms with Gasteiger partial charge in [0.05, 0.1) is 0 Å². The second-order valence-corrected chi connectivity index (χ2v) is 6.90. The van der Waals surface area contributed by atoms with E-state index in [9.17, 15) is 0 Å². The quantitative estimate of drug-likeness (QED) is 0.843. The Bertz CT molecular complexity index is 456. The molecular weight excluding hydrogens is 242 g/mol. The third-order valence-electron chi connectivity index (χ3n) is 5.70. The van der Waals surface area contributed by atoms with Crippen molar-refractivity contribution in [3.8, 4) is 0 Å². The maximum absolute atomic E-state index is 6.73. The van der Waals surface area contributed by atoms with E-state index in [0.29, 0.717) is 0 Å². The Balaban J connectivity index is 1.93. The molecule has 0 amide bonds. The molecule has 1 aromatic rings. The van der Waals surface area contributed by atoms with Crippen LogP contribution in [0.2, 0.25) is 0 Å². The van der Waals surface area contributed by atoms with E-state index < -0.39 is 0 Å². The molecule has 2 fully saturated rings. The highest BCUT2D eigenvalue weighted by Crippen LogP contribution is 2.57. The third-order valence-corrected chi connectivity index (χ3v) is 5.70. The van der Waals surface area contributed by atoms with Crippen molar-refractivity contribution in [2.24, 2.45) is 23.5 Å². The van der Waals surface area contributed by atoms with E-state index in [2.05, 4.69) is 32.9 Å². The lowest BCUT2D eigenvalue weighted by Gasteiger charge is -2.26. The second kappa shape index (κ2) is 5.52. The molecule has 0 saturated heterocycles. The Hall–Kier alpha value is -0.820. The van der Waals surface area contributed by atoms with E-state index in [1.54, 1.807) is 0 Å². The molecule has 3 rings (SSSR count). The topological polar surface area (TPSA) is 26.0 Å². The number of hydrogen-bond donors (Lipinski definition) is 1. The molecule has 0 spiro atoms. The Kier molecular flexibility index (Phi) is 3.90. The highest BCUT2D eigenvalue weighted by molar-refractivity contribution is 5.42. The van der Waals surface area contributed by atoms with Crippen LogP contribution in [0.1, 0.15) is 68.3 Å². The van der Waals surface area contributed by atoms with Crippen LogP contribution < -0.4 is 5.73 Å². The maximum Gasteiger partial charge on any atom is 0.0329 e. The van der Waals surface area contributed by atoms with Gasteiger partial charge in [0.2, 0.25) is 0 Å². The van der Waals surface area contributed by atoms with Crippen LogP contribution in [-0.4, -0.2) is 0 Å². The summed E-state index contributed by atoms with van der Waals surface area (Å²) >= 11 is 0. The van der Waals surface area contributed by atoms with Crippen LogP contribution in [-0.2, 0) is 19.3 Å². The lowest BCUT2D eigenvalue weighted by Crippen LogP contribution is -2.23. The number of benzene rings is 1. The number of aryl methyl sites for hydroxylation is 3. The molecule has 2 aliphatic carbocycles. The van der Waals surface area contributed by atoms with Crippen molar-refractivity contribution >= 4 is 0 Å². The Morgan fingerprint density at radius 1 is 0.950 bits per heavy atom. The molecule has 1 nitrogen and oxygen atoms in total. The molecule has 0 heterocycles. The summed E-state index contributed by atoms with van der Waals surface area (Å²) in [6.45, 7) is 6.80. The summed E-state index contributed by atoms with van der Waals surface area (Å²) in [5, 5.41) is 0. The van der Waals surface area contributed by atoms with Crippen LogP contribution in [0.3, 0.4) is 0 Å². The summed E-state index contributed by atoms with van der Waals surface area (Å²) in [7, 11) is 0. The molecule has 3 atom stereocenters. The fourth-order valence-corrected chi connectivity index (χ4v) is 4.36. The average molecular weight is 271 g/mol. The van der Waals surface area contributed by atoms with Crippen molar-refractivity contribution in [2.45, 2.75) is 65.3 Å². The van der Waals surface area contributed by atoms with Crippen molar-refractivity contribution in [1.29, 1.82) is 0 Å². The first kappa shape index (κ1) is 14.1. The summed E-state index contributed by atoms with van der Waals surface area (Å²) in [5.74, 6) is 2.79. The van der Waals surface area contributed by atoms with E-state index >= 15 is 0 Å². The zero-order chi connectivity index (χ0) is 14.3. The van der Waals surface area contributed by atoms with Crippen molar-refractivity contribution in [2.75, 3.05) is 0 Å². The smallest absolute Gasteiger partial charge is 0.0329 e. The Labute approximate surface area is 124 Å². The fraction of sp³-hybridized carbons (Fsp3) is 0.684. The first-order valence-corrected chi connectivity index (χ1v) is 8.57. The molecular formula is C19H29N. The molecule has 0 aromatic heterocycles. The highest BCUT2D eigenvalue weighted by atomic mass is 14.7. The van der Waals surface area contributed by atoms with Gasteiger partial charge in [-0.2, -0.15) is 0 Å². The number of rotatable bonds is 5. The fourth-order valence-electron chi connectivity index (χ4n) is 4.36. The summed E-state index contributed by atoms with van der Waals surface area (Å²) in [6, 6.07) is 5.09. The molecule has 0 radical (unpaired) electrons. The lowest BCUT2D eigenvalue weighted by molar-refractivity contribution is 0.400. The van der Waals surface area contributed by atoms with Crippen LogP contribution in [0.5, 0.6) is 0 Å². The van der Waals surface area contributed by atoms with Gasteiger partial charge < -0.3 is 5.73 Å². The van der Waals surface area contributed by atoms with Crippen molar-refractivity contribution in [3.63, 3.8) is 0 Å². The minimum atomic E-state index is 0.276. The second-order valence-electron chi connectivity index (χ2n) is 6.90. The summed E-state index contributed by atoms with van der Waals surface area (Å²) < 4.78 is 0. The van der Waals surface area contributed by atoms with Crippen LogP contribution >= 0.6 is 0 Å². The molecule has 0 aliphatic heterocycles. The number of fused-ring (bicyclic) bond motifs is 1. The van der Waals surface area contributed by atoms with E-state index in [1.165, 1.54) is 41.5 Å². The minimum absolute atomic E-state index is 0.276. The van der Waals surface area contributed by atoms with Crippen molar-refractivity contribution in [1.82, 2.24) is 0 Å². The standard InChI is InChI=1S/C19H29N/c1-4-12-7-13(5-2)18(14(6-3)8-12)19(20)17-10-15-9-16(15)11-17/h7-8,15-17,19H,4-6,9-11,20H2,1-3H3. The van der Waals surface area contributed by atoms with E-state index in [-0.39, 0.29) is 6.04 Å². The van der Waals surface area contributed by atoms with Gasteiger partial charge in [-0.15, -0.1) is 0 Å². The van der Waals surface area contributed by atoms with Crippen LogP contribution in [0.25, 0.3) is 0 Å². The Morgan fingerprint density at radius 3 is 1.95 bits per heavy atom. The van der Waals surface area contributed by atoms with Gasteiger partial charge >= 0.3 is 0 Å².